The first-order valence-electron chi connectivity index (χ1n) is 8.05. The molecule has 0 bridgehead atoms. The van der Waals surface area contributed by atoms with Crippen molar-refractivity contribution in [3.63, 3.8) is 0 Å². The number of nitrogens with one attached hydrogen (secondary N) is 1. The number of hydrogen-bond acceptors (Lipinski definition) is 5. The van der Waals surface area contributed by atoms with E-state index in [0.29, 0.717) is 10.7 Å². The fourth-order valence-corrected chi connectivity index (χ4v) is 3.51. The molecule has 0 atom stereocenters. The van der Waals surface area contributed by atoms with Crippen LogP contribution in [0, 0.1) is 13.8 Å². The van der Waals surface area contributed by atoms with Crippen LogP contribution in [0.2, 0.25) is 0 Å². The minimum absolute atomic E-state index is 0.131. The number of rotatable bonds is 4. The molecule has 23 heavy (non-hydrogen) atoms. The molecule has 1 aliphatic rings. The second-order valence-electron chi connectivity index (χ2n) is 6.09. The molecule has 1 aromatic carbocycles. The van der Waals surface area contributed by atoms with Crippen LogP contribution in [0.3, 0.4) is 0 Å². The highest BCUT2D eigenvalue weighted by Crippen LogP contribution is 2.20. The minimum Gasteiger partial charge on any atom is -0.297 e. The average Bonchev–Trinajstić information content (AvgIpc) is 2.98. The molecule has 1 saturated heterocycles. The van der Waals surface area contributed by atoms with E-state index >= 15 is 0 Å². The van der Waals surface area contributed by atoms with Crippen LogP contribution in [0.25, 0.3) is 0 Å². The zero-order valence-corrected chi connectivity index (χ0v) is 14.4. The molecule has 0 saturated carbocycles. The van der Waals surface area contributed by atoms with E-state index in [1.165, 1.54) is 36.2 Å². The number of aromatic nitrogens is 2. The van der Waals surface area contributed by atoms with Gasteiger partial charge in [0.05, 0.1) is 6.54 Å². The molecule has 1 amide bonds. The normalized spacial score (nSPS) is 15.6. The standard InChI is InChI=1S/C17H22N4OS/c1-12-6-7-14(10-13(12)2)16(22)18-17-20-19-15(23-17)11-21-8-4-3-5-9-21/h6-7,10H,3-5,8-9,11H2,1-2H3,(H,18,20,22). The number of benzene rings is 1. The van der Waals surface area contributed by atoms with E-state index in [1.807, 2.05) is 32.0 Å². The van der Waals surface area contributed by atoms with Crippen LogP contribution in [-0.2, 0) is 6.54 Å². The number of amides is 1. The van der Waals surface area contributed by atoms with Gasteiger partial charge in [0.2, 0.25) is 5.13 Å². The zero-order chi connectivity index (χ0) is 16.2. The molecule has 1 N–H and O–H groups in total. The molecule has 5 nitrogen and oxygen atoms in total. The minimum atomic E-state index is -0.131. The third kappa shape index (κ3) is 4.14. The lowest BCUT2D eigenvalue weighted by Crippen LogP contribution is -2.28. The van der Waals surface area contributed by atoms with Gasteiger partial charge in [-0.05, 0) is 63.0 Å². The Morgan fingerprint density at radius 1 is 1.17 bits per heavy atom. The quantitative estimate of drug-likeness (QED) is 0.933. The van der Waals surface area contributed by atoms with Crippen molar-refractivity contribution >= 4 is 22.4 Å². The van der Waals surface area contributed by atoms with Gasteiger partial charge in [-0.15, -0.1) is 10.2 Å². The van der Waals surface area contributed by atoms with Gasteiger partial charge in [-0.2, -0.15) is 0 Å². The van der Waals surface area contributed by atoms with Gasteiger partial charge in [-0.3, -0.25) is 15.0 Å². The summed E-state index contributed by atoms with van der Waals surface area (Å²) in [5.74, 6) is -0.131. The average molecular weight is 330 g/mol. The SMILES string of the molecule is Cc1ccc(C(=O)Nc2nnc(CN3CCCCC3)s2)cc1C. The maximum atomic E-state index is 12.3. The summed E-state index contributed by atoms with van der Waals surface area (Å²) < 4.78 is 0. The predicted molar refractivity (Wildman–Crippen MR) is 92.9 cm³/mol. The van der Waals surface area contributed by atoms with Gasteiger partial charge in [-0.25, -0.2) is 0 Å². The number of carbonyl (C=O) groups is 1. The van der Waals surface area contributed by atoms with Gasteiger partial charge in [0.15, 0.2) is 0 Å². The molecular weight excluding hydrogens is 308 g/mol. The Kier molecular flexibility index (Phi) is 5.03. The van der Waals surface area contributed by atoms with E-state index in [4.69, 9.17) is 0 Å². The predicted octanol–water partition coefficient (Wildman–Crippen LogP) is 3.39. The molecule has 2 heterocycles. The first kappa shape index (κ1) is 16.1. The van der Waals surface area contributed by atoms with Gasteiger partial charge >= 0.3 is 0 Å². The molecule has 1 fully saturated rings. The zero-order valence-electron chi connectivity index (χ0n) is 13.6. The van der Waals surface area contributed by atoms with Crippen molar-refractivity contribution in [1.29, 1.82) is 0 Å². The molecule has 0 radical (unpaired) electrons. The molecule has 122 valence electrons. The molecular formula is C17H22N4OS. The molecule has 0 aliphatic carbocycles. The Hall–Kier alpha value is -1.79. The number of anilines is 1. The number of carbonyl (C=O) groups excluding carboxylic acids is 1. The van der Waals surface area contributed by atoms with Crippen LogP contribution in [0.15, 0.2) is 18.2 Å². The van der Waals surface area contributed by atoms with E-state index < -0.39 is 0 Å². The number of likely N-dealkylation sites (tertiary alicyclic amines) is 1. The van der Waals surface area contributed by atoms with E-state index in [2.05, 4.69) is 20.4 Å². The van der Waals surface area contributed by atoms with Crippen molar-refractivity contribution in [2.75, 3.05) is 18.4 Å². The number of piperidine rings is 1. The second-order valence-corrected chi connectivity index (χ2v) is 7.15. The summed E-state index contributed by atoms with van der Waals surface area (Å²) in [6.45, 7) is 7.13. The van der Waals surface area contributed by atoms with Crippen molar-refractivity contribution in [3.05, 3.63) is 39.9 Å². The second kappa shape index (κ2) is 7.19. The smallest absolute Gasteiger partial charge is 0.257 e. The summed E-state index contributed by atoms with van der Waals surface area (Å²) in [6, 6.07) is 5.71. The van der Waals surface area contributed by atoms with E-state index in [9.17, 15) is 4.79 Å². The van der Waals surface area contributed by atoms with Crippen molar-refractivity contribution in [1.82, 2.24) is 15.1 Å². The Morgan fingerprint density at radius 2 is 1.96 bits per heavy atom. The summed E-state index contributed by atoms with van der Waals surface area (Å²) in [7, 11) is 0. The topological polar surface area (TPSA) is 58.1 Å². The summed E-state index contributed by atoms with van der Waals surface area (Å²) in [5, 5.41) is 12.7. The van der Waals surface area contributed by atoms with E-state index in [0.717, 1.165) is 30.2 Å². The summed E-state index contributed by atoms with van der Waals surface area (Å²) >= 11 is 1.46. The summed E-state index contributed by atoms with van der Waals surface area (Å²) in [4.78, 5) is 14.7. The molecule has 0 unspecified atom stereocenters. The van der Waals surface area contributed by atoms with Crippen LogP contribution in [0.4, 0.5) is 5.13 Å². The van der Waals surface area contributed by atoms with Crippen molar-refractivity contribution in [3.8, 4) is 0 Å². The first-order chi connectivity index (χ1) is 11.1. The van der Waals surface area contributed by atoms with Crippen molar-refractivity contribution in [2.45, 2.75) is 39.7 Å². The molecule has 6 heteroatoms. The molecule has 1 aromatic heterocycles. The van der Waals surface area contributed by atoms with Gasteiger partial charge < -0.3 is 0 Å². The lowest BCUT2D eigenvalue weighted by Gasteiger charge is -2.24. The Balaban J connectivity index is 1.61. The molecule has 0 spiro atoms. The maximum Gasteiger partial charge on any atom is 0.257 e. The summed E-state index contributed by atoms with van der Waals surface area (Å²) in [5.41, 5.74) is 2.95. The molecule has 3 rings (SSSR count). The Bertz CT molecular complexity index is 692. The van der Waals surface area contributed by atoms with Crippen LogP contribution in [-0.4, -0.2) is 34.1 Å². The third-order valence-corrected chi connectivity index (χ3v) is 5.09. The van der Waals surface area contributed by atoms with Crippen LogP contribution in [0.1, 0.15) is 45.8 Å². The first-order valence-corrected chi connectivity index (χ1v) is 8.87. The van der Waals surface area contributed by atoms with Gasteiger partial charge in [0.1, 0.15) is 5.01 Å². The number of nitrogens with zero attached hydrogens (tertiary/aromatic N) is 3. The van der Waals surface area contributed by atoms with Gasteiger partial charge in [0, 0.05) is 5.56 Å². The maximum absolute atomic E-state index is 12.3. The monoisotopic (exact) mass is 330 g/mol. The van der Waals surface area contributed by atoms with Gasteiger partial charge in [0.25, 0.3) is 5.91 Å². The van der Waals surface area contributed by atoms with Crippen LogP contribution < -0.4 is 5.32 Å². The highest BCUT2D eigenvalue weighted by Gasteiger charge is 2.15. The third-order valence-electron chi connectivity index (χ3n) is 4.26. The molecule has 1 aliphatic heterocycles. The van der Waals surface area contributed by atoms with Crippen LogP contribution in [0.5, 0.6) is 0 Å². The van der Waals surface area contributed by atoms with E-state index in [-0.39, 0.29) is 5.91 Å². The van der Waals surface area contributed by atoms with Gasteiger partial charge in [-0.1, -0.05) is 23.8 Å². The summed E-state index contributed by atoms with van der Waals surface area (Å²) in [6.07, 6.45) is 3.84. The highest BCUT2D eigenvalue weighted by molar-refractivity contribution is 7.15. The highest BCUT2D eigenvalue weighted by atomic mass is 32.1. The lowest BCUT2D eigenvalue weighted by molar-refractivity contribution is 0.102. The fourth-order valence-electron chi connectivity index (χ4n) is 2.73. The number of hydrogen-bond donors (Lipinski definition) is 1. The van der Waals surface area contributed by atoms with Crippen LogP contribution >= 0.6 is 11.3 Å². The number of aryl methyl sites for hydroxylation is 2. The molecule has 2 aromatic rings. The van der Waals surface area contributed by atoms with Crippen molar-refractivity contribution < 1.29 is 4.79 Å². The van der Waals surface area contributed by atoms with Crippen molar-refractivity contribution in [2.24, 2.45) is 0 Å². The Morgan fingerprint density at radius 3 is 2.70 bits per heavy atom. The Labute approximate surface area is 140 Å². The van der Waals surface area contributed by atoms with E-state index in [1.54, 1.807) is 0 Å². The fraction of sp³-hybridized carbons (Fsp3) is 0.471. The largest absolute Gasteiger partial charge is 0.297 e. The lowest BCUT2D eigenvalue weighted by atomic mass is 10.1.